The molecule has 9 nitrogen and oxygen atoms in total. The van der Waals surface area contributed by atoms with Gasteiger partial charge in [-0.2, -0.15) is 13.2 Å². The molecule has 13 heteroatoms. The molecule has 4 heterocycles. The standard InChI is InChI=1S/C22H19F3N6O3S/c1-26-17-9-27-20-16(7-8-31(20)35(33,34)15-5-3-2-4-6-15)19(17)30-11-14-10-29(12-18(14)30)21(32)28-13-22(23,24)25/h2-9,14,18H,10-13H2,(H,28,32). The van der Waals surface area contributed by atoms with Gasteiger partial charge in [-0.15, -0.1) is 0 Å². The number of amides is 2. The van der Waals surface area contributed by atoms with Gasteiger partial charge in [0.2, 0.25) is 5.69 Å². The number of carbonyl (C=O) groups excluding carboxylic acids is 1. The van der Waals surface area contributed by atoms with Crippen LogP contribution in [0.15, 0.2) is 53.7 Å². The van der Waals surface area contributed by atoms with Crippen molar-refractivity contribution < 1.29 is 26.4 Å². The topological polar surface area (TPSA) is 91.9 Å². The largest absolute Gasteiger partial charge is 0.405 e. The smallest absolute Gasteiger partial charge is 0.374 e. The summed E-state index contributed by atoms with van der Waals surface area (Å²) in [5.41, 5.74) is 0.897. The van der Waals surface area contributed by atoms with Gasteiger partial charge in [-0.25, -0.2) is 27.0 Å². The van der Waals surface area contributed by atoms with Crippen LogP contribution in [-0.4, -0.2) is 66.7 Å². The Morgan fingerprint density at radius 2 is 1.91 bits per heavy atom. The van der Waals surface area contributed by atoms with E-state index in [2.05, 4.69) is 9.83 Å². The fourth-order valence-electron chi connectivity index (χ4n) is 4.67. The SMILES string of the molecule is [C-]#[N+]c1cnc2c(ccn2S(=O)(=O)c2ccccc2)c1N1CC2CN(C(=O)NCC(F)(F)F)CC21. The van der Waals surface area contributed by atoms with Gasteiger partial charge in [0.1, 0.15) is 6.54 Å². The maximum atomic E-state index is 13.2. The van der Waals surface area contributed by atoms with E-state index in [1.807, 2.05) is 10.2 Å². The number of nitrogens with zero attached hydrogens (tertiary/aromatic N) is 5. The molecule has 0 saturated carbocycles. The van der Waals surface area contributed by atoms with Crippen LogP contribution in [0.3, 0.4) is 0 Å². The van der Waals surface area contributed by atoms with E-state index in [9.17, 15) is 26.4 Å². The highest BCUT2D eigenvalue weighted by Crippen LogP contribution is 2.44. The number of halogens is 3. The van der Waals surface area contributed by atoms with Gasteiger partial charge in [-0.3, -0.25) is 0 Å². The summed E-state index contributed by atoms with van der Waals surface area (Å²) in [5.74, 6) is 0.0311. The normalized spacial score (nSPS) is 19.8. The Balaban J connectivity index is 1.45. The molecular weight excluding hydrogens is 485 g/mol. The van der Waals surface area contributed by atoms with E-state index in [-0.39, 0.29) is 34.7 Å². The summed E-state index contributed by atoms with van der Waals surface area (Å²) in [6, 6.07) is 8.49. The number of alkyl halides is 3. The van der Waals surface area contributed by atoms with Crippen LogP contribution < -0.4 is 10.2 Å². The van der Waals surface area contributed by atoms with E-state index in [0.29, 0.717) is 24.2 Å². The zero-order chi connectivity index (χ0) is 25.0. The van der Waals surface area contributed by atoms with Crippen LogP contribution in [-0.2, 0) is 10.0 Å². The molecule has 2 fully saturated rings. The highest BCUT2D eigenvalue weighted by Gasteiger charge is 2.48. The number of urea groups is 1. The lowest BCUT2D eigenvalue weighted by molar-refractivity contribution is -0.123. The van der Waals surface area contributed by atoms with Crippen molar-refractivity contribution in [1.82, 2.24) is 19.2 Å². The van der Waals surface area contributed by atoms with Crippen LogP contribution in [0.4, 0.5) is 29.3 Å². The third-order valence-electron chi connectivity index (χ3n) is 6.31. The number of carbonyl (C=O) groups is 1. The second-order valence-electron chi connectivity index (χ2n) is 8.43. The highest BCUT2D eigenvalue weighted by atomic mass is 32.2. The number of likely N-dealkylation sites (tertiary alicyclic amines) is 1. The molecule has 0 radical (unpaired) electrons. The van der Waals surface area contributed by atoms with Crippen molar-refractivity contribution in [3.05, 3.63) is 60.2 Å². The number of aromatic nitrogens is 2. The minimum Gasteiger partial charge on any atom is -0.374 e. The van der Waals surface area contributed by atoms with E-state index in [4.69, 9.17) is 6.57 Å². The van der Waals surface area contributed by atoms with Crippen LogP contribution in [0.25, 0.3) is 15.9 Å². The average Bonchev–Trinajstić information content (AvgIpc) is 3.40. The number of pyridine rings is 1. The number of rotatable bonds is 4. The summed E-state index contributed by atoms with van der Waals surface area (Å²) in [6.07, 6.45) is -1.79. The molecule has 5 rings (SSSR count). The van der Waals surface area contributed by atoms with E-state index in [1.165, 1.54) is 29.4 Å². The van der Waals surface area contributed by atoms with E-state index in [0.717, 1.165) is 3.97 Å². The number of fused-ring (bicyclic) bond motifs is 2. The molecule has 2 aliphatic rings. The molecule has 2 amide bonds. The van der Waals surface area contributed by atoms with Crippen molar-refractivity contribution in [3.8, 4) is 0 Å². The number of hydrogen-bond donors (Lipinski definition) is 1. The second kappa shape index (κ2) is 8.16. The molecule has 3 aromatic rings. The van der Waals surface area contributed by atoms with Crippen molar-refractivity contribution in [2.75, 3.05) is 31.1 Å². The minimum absolute atomic E-state index is 0.0311. The van der Waals surface area contributed by atoms with Crippen LogP contribution in [0.5, 0.6) is 0 Å². The Morgan fingerprint density at radius 1 is 1.17 bits per heavy atom. The summed E-state index contributed by atoms with van der Waals surface area (Å²) >= 11 is 0. The lowest BCUT2D eigenvalue weighted by Gasteiger charge is -2.46. The van der Waals surface area contributed by atoms with E-state index in [1.54, 1.807) is 24.3 Å². The van der Waals surface area contributed by atoms with E-state index >= 15 is 0 Å². The zero-order valence-electron chi connectivity index (χ0n) is 18.1. The van der Waals surface area contributed by atoms with Crippen LogP contribution in [0.1, 0.15) is 0 Å². The first kappa shape index (κ1) is 23.0. The molecule has 35 heavy (non-hydrogen) atoms. The molecule has 0 bridgehead atoms. The lowest BCUT2D eigenvalue weighted by atomic mass is 9.90. The van der Waals surface area contributed by atoms with Crippen molar-refractivity contribution in [2.45, 2.75) is 17.1 Å². The summed E-state index contributed by atoms with van der Waals surface area (Å²) in [5, 5.41) is 2.36. The lowest BCUT2D eigenvalue weighted by Crippen LogP contribution is -2.56. The quantitative estimate of drug-likeness (QED) is 0.551. The van der Waals surface area contributed by atoms with Gasteiger partial charge in [0.25, 0.3) is 10.0 Å². The molecule has 2 saturated heterocycles. The van der Waals surface area contributed by atoms with Crippen LogP contribution in [0.2, 0.25) is 0 Å². The molecule has 0 spiro atoms. The number of hydrogen-bond acceptors (Lipinski definition) is 5. The van der Waals surface area contributed by atoms with Gasteiger partial charge in [0, 0.05) is 43.3 Å². The van der Waals surface area contributed by atoms with Crippen LogP contribution in [0, 0.1) is 12.5 Å². The molecular formula is C22H19F3N6O3S. The fourth-order valence-corrected chi connectivity index (χ4v) is 5.99. The van der Waals surface area contributed by atoms with Gasteiger partial charge in [-0.1, -0.05) is 18.2 Å². The Labute approximate surface area is 198 Å². The van der Waals surface area contributed by atoms with Crippen molar-refractivity contribution in [2.24, 2.45) is 5.92 Å². The zero-order valence-corrected chi connectivity index (χ0v) is 18.9. The number of benzene rings is 1. The minimum atomic E-state index is -4.50. The third-order valence-corrected chi connectivity index (χ3v) is 7.99. The number of anilines is 1. The first-order valence-electron chi connectivity index (χ1n) is 10.6. The Morgan fingerprint density at radius 3 is 2.60 bits per heavy atom. The Kier molecular flexibility index (Phi) is 5.36. The van der Waals surface area contributed by atoms with Crippen LogP contribution >= 0.6 is 0 Å². The van der Waals surface area contributed by atoms with Crippen molar-refractivity contribution in [1.29, 1.82) is 0 Å². The summed E-state index contributed by atoms with van der Waals surface area (Å²) < 4.78 is 64.8. The first-order valence-corrected chi connectivity index (χ1v) is 12.1. The van der Waals surface area contributed by atoms with E-state index < -0.39 is 28.8 Å². The number of nitrogens with one attached hydrogen (secondary N) is 1. The molecule has 2 aromatic heterocycles. The Bertz CT molecular complexity index is 1450. The highest BCUT2D eigenvalue weighted by molar-refractivity contribution is 7.90. The molecule has 2 unspecified atom stereocenters. The summed E-state index contributed by atoms with van der Waals surface area (Å²) in [4.78, 5) is 23.3. The molecule has 182 valence electrons. The predicted molar refractivity (Wildman–Crippen MR) is 121 cm³/mol. The molecule has 2 aliphatic heterocycles. The molecule has 2 atom stereocenters. The fraction of sp³-hybridized carbons (Fsp3) is 0.318. The maximum Gasteiger partial charge on any atom is 0.405 e. The molecule has 0 aliphatic carbocycles. The molecule has 1 aromatic carbocycles. The van der Waals surface area contributed by atoms with Gasteiger partial charge < -0.3 is 15.1 Å². The van der Waals surface area contributed by atoms with Crippen molar-refractivity contribution in [3.63, 3.8) is 0 Å². The predicted octanol–water partition coefficient (Wildman–Crippen LogP) is 3.22. The molecule has 1 N–H and O–H groups in total. The maximum absolute atomic E-state index is 13.2. The summed E-state index contributed by atoms with van der Waals surface area (Å²) in [6.45, 7) is 7.15. The second-order valence-corrected chi connectivity index (χ2v) is 10.2. The van der Waals surface area contributed by atoms with Gasteiger partial charge in [-0.05, 0) is 18.2 Å². The Hall–Kier alpha value is -3.79. The van der Waals surface area contributed by atoms with Gasteiger partial charge in [0.05, 0.1) is 23.2 Å². The monoisotopic (exact) mass is 504 g/mol. The average molecular weight is 504 g/mol. The van der Waals surface area contributed by atoms with Crippen molar-refractivity contribution >= 4 is 38.5 Å². The first-order chi connectivity index (χ1) is 16.6. The summed E-state index contributed by atoms with van der Waals surface area (Å²) in [7, 11) is -3.92. The van der Waals surface area contributed by atoms with Gasteiger partial charge in [0.15, 0.2) is 5.65 Å². The van der Waals surface area contributed by atoms with Gasteiger partial charge >= 0.3 is 12.2 Å². The third kappa shape index (κ3) is 3.93.